The van der Waals surface area contributed by atoms with Crippen molar-refractivity contribution in [3.8, 4) is 0 Å². The van der Waals surface area contributed by atoms with Crippen LogP contribution in [-0.4, -0.2) is 43.4 Å². The maximum atomic E-state index is 12.0. The molecular formula is C15H13N3O4S. The van der Waals surface area contributed by atoms with Crippen LogP contribution in [0, 0.1) is 0 Å². The van der Waals surface area contributed by atoms with Crippen molar-refractivity contribution in [3.63, 3.8) is 0 Å². The number of nitrogens with zero attached hydrogens (tertiary/aromatic N) is 3. The van der Waals surface area contributed by atoms with Gasteiger partial charge in [0.25, 0.3) is 0 Å². The van der Waals surface area contributed by atoms with Gasteiger partial charge in [-0.1, -0.05) is 23.9 Å². The minimum atomic E-state index is -0.614. The zero-order valence-electron chi connectivity index (χ0n) is 12.7. The fourth-order valence-corrected chi connectivity index (χ4v) is 3.56. The largest absolute Gasteiger partial charge is 0.464 e. The second-order valence-electron chi connectivity index (χ2n) is 4.69. The molecule has 0 unspecified atom stereocenters. The van der Waals surface area contributed by atoms with Gasteiger partial charge in [-0.3, -0.25) is 0 Å². The van der Waals surface area contributed by atoms with Crippen LogP contribution in [0.3, 0.4) is 0 Å². The molecule has 118 valence electrons. The fraction of sp³-hybridized carbons (Fsp3) is 0.200. The van der Waals surface area contributed by atoms with Gasteiger partial charge in [-0.05, 0) is 12.1 Å². The Balaban J connectivity index is 2.27. The smallest absolute Gasteiger partial charge is 0.360 e. The molecule has 0 amide bonds. The topological polar surface area (TPSA) is 81.6 Å². The van der Waals surface area contributed by atoms with Crippen LogP contribution in [-0.2, 0) is 9.47 Å². The SMILES string of the molecule is COC(=O)c1nnc(C(=O)OC)c2c1Sc1ccccc1N2C. The lowest BCUT2D eigenvalue weighted by Crippen LogP contribution is -2.23. The molecule has 1 aromatic carbocycles. The number of aromatic nitrogens is 2. The summed E-state index contributed by atoms with van der Waals surface area (Å²) in [6, 6.07) is 7.65. The van der Waals surface area contributed by atoms with Crippen LogP contribution in [0.1, 0.15) is 21.0 Å². The first-order valence-electron chi connectivity index (χ1n) is 6.66. The summed E-state index contributed by atoms with van der Waals surface area (Å²) in [5, 5.41) is 7.74. The number of carbonyl (C=O) groups is 2. The maximum absolute atomic E-state index is 12.0. The van der Waals surface area contributed by atoms with Gasteiger partial charge in [-0.2, -0.15) is 0 Å². The summed E-state index contributed by atoms with van der Waals surface area (Å²) in [6.45, 7) is 0. The zero-order valence-corrected chi connectivity index (χ0v) is 13.5. The van der Waals surface area contributed by atoms with E-state index < -0.39 is 11.9 Å². The molecule has 0 saturated carbocycles. The van der Waals surface area contributed by atoms with Crippen molar-refractivity contribution < 1.29 is 19.1 Å². The lowest BCUT2D eigenvalue weighted by Gasteiger charge is -2.30. The molecule has 0 radical (unpaired) electrons. The standard InChI is InChI=1S/C15H13N3O4S/c1-18-8-6-4-5-7-9(8)23-13-11(15(20)22-3)17-16-10(12(13)18)14(19)21-2/h4-7H,1-3H3. The van der Waals surface area contributed by atoms with Gasteiger partial charge in [-0.15, -0.1) is 10.2 Å². The van der Waals surface area contributed by atoms with Crippen molar-refractivity contribution in [3.05, 3.63) is 35.7 Å². The summed E-state index contributed by atoms with van der Waals surface area (Å²) in [6.07, 6.45) is 0. The summed E-state index contributed by atoms with van der Waals surface area (Å²) in [4.78, 5) is 27.3. The third-order valence-corrected chi connectivity index (χ3v) is 4.59. The molecule has 2 heterocycles. The predicted octanol–water partition coefficient (Wildman–Crippen LogP) is 2.28. The van der Waals surface area contributed by atoms with Crippen LogP contribution in [0.15, 0.2) is 34.1 Å². The van der Waals surface area contributed by atoms with E-state index >= 15 is 0 Å². The molecule has 7 nitrogen and oxygen atoms in total. The Morgan fingerprint density at radius 3 is 2.35 bits per heavy atom. The second-order valence-corrected chi connectivity index (χ2v) is 5.74. The van der Waals surface area contributed by atoms with Gasteiger partial charge in [0.2, 0.25) is 0 Å². The molecule has 0 spiro atoms. The van der Waals surface area contributed by atoms with E-state index in [1.807, 2.05) is 24.3 Å². The first kappa shape index (κ1) is 15.3. The average Bonchev–Trinajstić information content (AvgIpc) is 2.59. The molecule has 1 aromatic heterocycles. The number of benzene rings is 1. The monoisotopic (exact) mass is 331 g/mol. The molecule has 23 heavy (non-hydrogen) atoms. The number of esters is 2. The summed E-state index contributed by atoms with van der Waals surface area (Å²) in [5.74, 6) is -1.22. The quantitative estimate of drug-likeness (QED) is 0.775. The van der Waals surface area contributed by atoms with Crippen LogP contribution in [0.5, 0.6) is 0 Å². The Kier molecular flexibility index (Phi) is 3.91. The lowest BCUT2D eigenvalue weighted by molar-refractivity contribution is 0.0570. The first-order chi connectivity index (χ1) is 11.1. The molecule has 0 bridgehead atoms. The predicted molar refractivity (Wildman–Crippen MR) is 83.3 cm³/mol. The van der Waals surface area contributed by atoms with Crippen molar-refractivity contribution in [2.24, 2.45) is 0 Å². The molecule has 2 aromatic rings. The summed E-state index contributed by atoms with van der Waals surface area (Å²) in [7, 11) is 4.34. The van der Waals surface area contributed by atoms with E-state index in [0.29, 0.717) is 10.6 Å². The molecular weight excluding hydrogens is 318 g/mol. The van der Waals surface area contributed by atoms with E-state index in [1.54, 1.807) is 11.9 Å². The van der Waals surface area contributed by atoms with Crippen molar-refractivity contribution in [1.82, 2.24) is 10.2 Å². The van der Waals surface area contributed by atoms with Crippen LogP contribution in [0.2, 0.25) is 0 Å². The van der Waals surface area contributed by atoms with Crippen LogP contribution >= 0.6 is 11.8 Å². The first-order valence-corrected chi connectivity index (χ1v) is 7.48. The molecule has 3 rings (SSSR count). The van der Waals surface area contributed by atoms with E-state index in [0.717, 1.165) is 10.6 Å². The van der Waals surface area contributed by atoms with Gasteiger partial charge in [0.15, 0.2) is 11.4 Å². The van der Waals surface area contributed by atoms with E-state index in [9.17, 15) is 9.59 Å². The highest BCUT2D eigenvalue weighted by molar-refractivity contribution is 7.99. The Labute approximate surface area is 136 Å². The number of fused-ring (bicyclic) bond motifs is 2. The number of carbonyl (C=O) groups excluding carboxylic acids is 2. The summed E-state index contributed by atoms with van der Waals surface area (Å²) in [5.41, 5.74) is 1.51. The number of para-hydroxylation sites is 1. The van der Waals surface area contributed by atoms with Crippen LogP contribution in [0.25, 0.3) is 0 Å². The van der Waals surface area contributed by atoms with E-state index in [1.165, 1.54) is 26.0 Å². The summed E-state index contributed by atoms with van der Waals surface area (Å²) < 4.78 is 9.53. The highest BCUT2D eigenvalue weighted by atomic mass is 32.2. The Morgan fingerprint density at radius 1 is 1.04 bits per heavy atom. The Morgan fingerprint density at radius 2 is 1.65 bits per heavy atom. The molecule has 1 aliphatic heterocycles. The number of rotatable bonds is 2. The van der Waals surface area contributed by atoms with Crippen molar-refractivity contribution in [1.29, 1.82) is 0 Å². The number of hydrogen-bond donors (Lipinski definition) is 0. The summed E-state index contributed by atoms with van der Waals surface area (Å²) >= 11 is 1.35. The Hall–Kier alpha value is -2.61. The van der Waals surface area contributed by atoms with E-state index in [4.69, 9.17) is 9.47 Å². The van der Waals surface area contributed by atoms with Gasteiger partial charge in [0.05, 0.1) is 30.5 Å². The van der Waals surface area contributed by atoms with E-state index in [-0.39, 0.29) is 11.4 Å². The van der Waals surface area contributed by atoms with Crippen molar-refractivity contribution in [2.75, 3.05) is 26.2 Å². The fourth-order valence-electron chi connectivity index (χ4n) is 2.34. The third-order valence-electron chi connectivity index (χ3n) is 3.44. The molecule has 0 saturated heterocycles. The van der Waals surface area contributed by atoms with Crippen LogP contribution in [0.4, 0.5) is 11.4 Å². The van der Waals surface area contributed by atoms with Gasteiger partial charge in [-0.25, -0.2) is 9.59 Å². The van der Waals surface area contributed by atoms with E-state index in [2.05, 4.69) is 10.2 Å². The molecule has 1 aliphatic rings. The highest BCUT2D eigenvalue weighted by Gasteiger charge is 2.33. The number of methoxy groups -OCH3 is 2. The number of ether oxygens (including phenoxy) is 2. The minimum absolute atomic E-state index is 0.0552. The van der Waals surface area contributed by atoms with Crippen molar-refractivity contribution in [2.45, 2.75) is 9.79 Å². The Bertz CT molecular complexity index is 809. The maximum Gasteiger partial charge on any atom is 0.360 e. The number of anilines is 2. The third kappa shape index (κ3) is 2.40. The lowest BCUT2D eigenvalue weighted by atomic mass is 10.2. The van der Waals surface area contributed by atoms with Crippen molar-refractivity contribution >= 4 is 35.1 Å². The van der Waals surface area contributed by atoms with Gasteiger partial charge < -0.3 is 14.4 Å². The highest BCUT2D eigenvalue weighted by Crippen LogP contribution is 2.49. The average molecular weight is 331 g/mol. The number of hydrogen-bond acceptors (Lipinski definition) is 8. The molecule has 0 N–H and O–H groups in total. The van der Waals surface area contributed by atoms with Gasteiger partial charge in [0, 0.05) is 11.9 Å². The van der Waals surface area contributed by atoms with Gasteiger partial charge in [0.1, 0.15) is 0 Å². The molecule has 8 heteroatoms. The molecule has 0 aliphatic carbocycles. The second kappa shape index (κ2) is 5.88. The molecule has 0 fully saturated rings. The normalized spacial score (nSPS) is 12.2. The molecule has 0 atom stereocenters. The minimum Gasteiger partial charge on any atom is -0.464 e. The zero-order chi connectivity index (χ0) is 16.6. The van der Waals surface area contributed by atoms with Gasteiger partial charge >= 0.3 is 11.9 Å². The van der Waals surface area contributed by atoms with Crippen LogP contribution < -0.4 is 4.90 Å².